The van der Waals surface area contributed by atoms with Crippen LogP contribution in [0.3, 0.4) is 0 Å². The van der Waals surface area contributed by atoms with Gasteiger partial charge in [-0.25, -0.2) is 0 Å². The zero-order chi connectivity index (χ0) is 16.1. The molecule has 22 heavy (non-hydrogen) atoms. The van der Waals surface area contributed by atoms with Gasteiger partial charge in [-0.05, 0) is 56.2 Å². The molecule has 0 heterocycles. The summed E-state index contributed by atoms with van der Waals surface area (Å²) in [5, 5.41) is 2.91. The Balaban J connectivity index is 1.91. The number of hydrogen-bond donors (Lipinski definition) is 1. The number of amides is 1. The molecule has 0 saturated heterocycles. The molecule has 2 aromatic carbocycles. The summed E-state index contributed by atoms with van der Waals surface area (Å²) in [5.41, 5.74) is 3.77. The van der Waals surface area contributed by atoms with Crippen molar-refractivity contribution in [2.24, 2.45) is 0 Å². The molecule has 0 unspecified atom stereocenters. The van der Waals surface area contributed by atoms with E-state index in [-0.39, 0.29) is 11.7 Å². The third kappa shape index (κ3) is 4.74. The lowest BCUT2D eigenvalue weighted by Crippen LogP contribution is -2.14. The van der Waals surface area contributed by atoms with Gasteiger partial charge in [0.2, 0.25) is 5.91 Å². The molecule has 2 aromatic rings. The summed E-state index contributed by atoms with van der Waals surface area (Å²) in [5.74, 6) is 0.349. The van der Waals surface area contributed by atoms with Crippen molar-refractivity contribution in [1.29, 1.82) is 0 Å². The van der Waals surface area contributed by atoms with Crippen molar-refractivity contribution in [2.75, 3.05) is 11.1 Å². The largest absolute Gasteiger partial charge is 0.325 e. The van der Waals surface area contributed by atoms with Gasteiger partial charge in [-0.2, -0.15) is 0 Å². The van der Waals surface area contributed by atoms with Crippen molar-refractivity contribution in [1.82, 2.24) is 0 Å². The zero-order valence-electron chi connectivity index (χ0n) is 13.0. The van der Waals surface area contributed by atoms with Crippen molar-refractivity contribution < 1.29 is 9.59 Å². The van der Waals surface area contributed by atoms with E-state index < -0.39 is 0 Å². The fourth-order valence-corrected chi connectivity index (χ4v) is 2.88. The Labute approximate surface area is 135 Å². The molecule has 114 valence electrons. The first-order valence-corrected chi connectivity index (χ1v) is 8.04. The summed E-state index contributed by atoms with van der Waals surface area (Å²) in [6.07, 6.45) is 0. The molecular weight excluding hydrogens is 294 g/mol. The molecule has 0 saturated carbocycles. The molecule has 0 atom stereocenters. The second kappa shape index (κ2) is 7.27. The van der Waals surface area contributed by atoms with E-state index in [1.54, 1.807) is 19.1 Å². The van der Waals surface area contributed by atoms with Gasteiger partial charge in [-0.3, -0.25) is 9.59 Å². The molecule has 0 fully saturated rings. The normalized spacial score (nSPS) is 10.3. The second-order valence-electron chi connectivity index (χ2n) is 5.29. The number of anilines is 1. The molecule has 3 nitrogen and oxygen atoms in total. The molecule has 0 aliphatic carbocycles. The zero-order valence-corrected chi connectivity index (χ0v) is 13.8. The number of hydrogen-bond acceptors (Lipinski definition) is 3. The fourth-order valence-electron chi connectivity index (χ4n) is 2.18. The van der Waals surface area contributed by atoms with Gasteiger partial charge in [0.05, 0.1) is 5.75 Å². The maximum atomic E-state index is 12.0. The standard InChI is InChI=1S/C18H19NO2S/c1-12-8-13(2)10-16(9-12)19-18(21)11-22-17-6-4-15(5-7-17)14(3)20/h4-10H,11H2,1-3H3,(H,19,21). The van der Waals surface area contributed by atoms with Crippen LogP contribution in [0.25, 0.3) is 0 Å². The smallest absolute Gasteiger partial charge is 0.234 e. The molecule has 0 radical (unpaired) electrons. The summed E-state index contributed by atoms with van der Waals surface area (Å²) in [7, 11) is 0. The molecule has 1 N–H and O–H groups in total. The quantitative estimate of drug-likeness (QED) is 0.663. The fraction of sp³-hybridized carbons (Fsp3) is 0.222. The van der Waals surface area contributed by atoms with Gasteiger partial charge < -0.3 is 5.32 Å². The minimum atomic E-state index is -0.0364. The predicted octanol–water partition coefficient (Wildman–Crippen LogP) is 4.24. The lowest BCUT2D eigenvalue weighted by Gasteiger charge is -2.07. The highest BCUT2D eigenvalue weighted by Gasteiger charge is 2.05. The van der Waals surface area contributed by atoms with Crippen molar-refractivity contribution in [2.45, 2.75) is 25.7 Å². The molecule has 1 amide bonds. The van der Waals surface area contributed by atoms with Crippen LogP contribution in [0, 0.1) is 13.8 Å². The summed E-state index contributed by atoms with van der Waals surface area (Å²) in [6.45, 7) is 5.56. The van der Waals surface area contributed by atoms with E-state index in [2.05, 4.69) is 11.4 Å². The lowest BCUT2D eigenvalue weighted by molar-refractivity contribution is -0.113. The van der Waals surface area contributed by atoms with Crippen LogP contribution < -0.4 is 5.32 Å². The number of benzene rings is 2. The third-order valence-electron chi connectivity index (χ3n) is 3.14. The minimum absolute atomic E-state index is 0.0364. The Hall–Kier alpha value is -2.07. The number of aryl methyl sites for hydroxylation is 2. The van der Waals surface area contributed by atoms with Gasteiger partial charge in [0.25, 0.3) is 0 Å². The first-order valence-electron chi connectivity index (χ1n) is 7.06. The number of rotatable bonds is 5. The van der Waals surface area contributed by atoms with E-state index in [1.807, 2.05) is 38.1 Å². The Morgan fingerprint density at radius 1 is 1.00 bits per heavy atom. The third-order valence-corrected chi connectivity index (χ3v) is 4.15. The highest BCUT2D eigenvalue weighted by atomic mass is 32.2. The lowest BCUT2D eigenvalue weighted by atomic mass is 10.1. The molecule has 0 aromatic heterocycles. The first kappa shape index (κ1) is 16.3. The minimum Gasteiger partial charge on any atom is -0.325 e. The van der Waals surface area contributed by atoms with Crippen LogP contribution in [0.5, 0.6) is 0 Å². The van der Waals surface area contributed by atoms with E-state index in [9.17, 15) is 9.59 Å². The van der Waals surface area contributed by atoms with E-state index in [1.165, 1.54) is 11.8 Å². The van der Waals surface area contributed by atoms with Crippen molar-refractivity contribution in [3.8, 4) is 0 Å². The van der Waals surface area contributed by atoms with Crippen LogP contribution in [-0.4, -0.2) is 17.4 Å². The maximum absolute atomic E-state index is 12.0. The van der Waals surface area contributed by atoms with Crippen LogP contribution in [0.15, 0.2) is 47.4 Å². The Bertz CT molecular complexity index is 672. The summed E-state index contributed by atoms with van der Waals surface area (Å²) < 4.78 is 0. The van der Waals surface area contributed by atoms with Crippen LogP contribution in [-0.2, 0) is 4.79 Å². The van der Waals surface area contributed by atoms with E-state index in [0.717, 1.165) is 21.7 Å². The average Bonchev–Trinajstić information content (AvgIpc) is 2.44. The number of ketones is 1. The number of nitrogens with one attached hydrogen (secondary N) is 1. The molecule has 0 spiro atoms. The van der Waals surface area contributed by atoms with Crippen LogP contribution in [0.2, 0.25) is 0 Å². The van der Waals surface area contributed by atoms with Crippen LogP contribution in [0.4, 0.5) is 5.69 Å². The molecule has 0 bridgehead atoms. The highest BCUT2D eigenvalue weighted by Crippen LogP contribution is 2.20. The number of carbonyl (C=O) groups excluding carboxylic acids is 2. The monoisotopic (exact) mass is 313 g/mol. The second-order valence-corrected chi connectivity index (χ2v) is 6.34. The van der Waals surface area contributed by atoms with E-state index in [4.69, 9.17) is 0 Å². The molecule has 4 heteroatoms. The predicted molar refractivity (Wildman–Crippen MR) is 91.7 cm³/mol. The molecule has 2 rings (SSSR count). The number of Topliss-reactive ketones (excluding diaryl/α,β-unsaturated/α-hetero) is 1. The Morgan fingerprint density at radius 3 is 2.14 bits per heavy atom. The van der Waals surface area contributed by atoms with Gasteiger partial charge in [0.1, 0.15) is 0 Å². The average molecular weight is 313 g/mol. The maximum Gasteiger partial charge on any atom is 0.234 e. The molecule has 0 aliphatic heterocycles. The molecular formula is C18H19NO2S. The highest BCUT2D eigenvalue weighted by molar-refractivity contribution is 8.00. The Morgan fingerprint density at radius 2 is 1.59 bits per heavy atom. The van der Waals surface area contributed by atoms with Crippen molar-refractivity contribution >= 4 is 29.1 Å². The SMILES string of the molecule is CC(=O)c1ccc(SCC(=O)Nc2cc(C)cc(C)c2)cc1. The van der Waals surface area contributed by atoms with E-state index in [0.29, 0.717) is 11.3 Å². The summed E-state index contributed by atoms with van der Waals surface area (Å²) >= 11 is 1.45. The summed E-state index contributed by atoms with van der Waals surface area (Å²) in [6, 6.07) is 13.3. The van der Waals surface area contributed by atoms with Gasteiger partial charge in [-0.15, -0.1) is 11.8 Å². The topological polar surface area (TPSA) is 46.2 Å². The van der Waals surface area contributed by atoms with Crippen LogP contribution in [0.1, 0.15) is 28.4 Å². The van der Waals surface area contributed by atoms with Crippen molar-refractivity contribution in [3.63, 3.8) is 0 Å². The van der Waals surface area contributed by atoms with Crippen molar-refractivity contribution in [3.05, 3.63) is 59.2 Å². The Kier molecular flexibility index (Phi) is 5.39. The number of thioether (sulfide) groups is 1. The summed E-state index contributed by atoms with van der Waals surface area (Å²) in [4.78, 5) is 24.2. The van der Waals surface area contributed by atoms with Gasteiger partial charge in [0, 0.05) is 16.1 Å². The first-order chi connectivity index (χ1) is 10.4. The number of carbonyl (C=O) groups is 2. The van der Waals surface area contributed by atoms with Crippen LogP contribution >= 0.6 is 11.8 Å². The van der Waals surface area contributed by atoms with Gasteiger partial charge in [-0.1, -0.05) is 18.2 Å². The van der Waals surface area contributed by atoms with E-state index >= 15 is 0 Å². The van der Waals surface area contributed by atoms with Gasteiger partial charge in [0.15, 0.2) is 5.78 Å². The van der Waals surface area contributed by atoms with Gasteiger partial charge >= 0.3 is 0 Å². The molecule has 0 aliphatic rings.